The third-order valence-corrected chi connectivity index (χ3v) is 2.31. The fourth-order valence-corrected chi connectivity index (χ4v) is 1.62. The lowest BCUT2D eigenvalue weighted by atomic mass is 9.96. The fraction of sp³-hybridized carbons (Fsp3) is 0.250. The number of aromatic nitrogens is 1. The highest BCUT2D eigenvalue weighted by Crippen LogP contribution is 2.29. The molecule has 0 atom stereocenters. The SMILES string of the molecule is C=Cc1cncc(C(C)C)c1C(=C)Cl. The van der Waals surface area contributed by atoms with Gasteiger partial charge in [0.2, 0.25) is 0 Å². The Balaban J connectivity index is 3.43. The quantitative estimate of drug-likeness (QED) is 0.729. The van der Waals surface area contributed by atoms with Crippen LogP contribution in [-0.4, -0.2) is 4.98 Å². The van der Waals surface area contributed by atoms with E-state index in [1.165, 1.54) is 0 Å². The largest absolute Gasteiger partial charge is 0.264 e. The molecular weight excluding hydrogens is 194 g/mol. The van der Waals surface area contributed by atoms with Gasteiger partial charge in [-0.15, -0.1) is 0 Å². The lowest BCUT2D eigenvalue weighted by Gasteiger charge is -2.13. The van der Waals surface area contributed by atoms with Crippen LogP contribution in [0, 0.1) is 0 Å². The minimum absolute atomic E-state index is 0.382. The molecule has 0 amide bonds. The molecule has 0 aliphatic rings. The monoisotopic (exact) mass is 207 g/mol. The van der Waals surface area contributed by atoms with Gasteiger partial charge in [-0.1, -0.05) is 44.7 Å². The molecule has 1 heterocycles. The van der Waals surface area contributed by atoms with Crippen molar-refractivity contribution in [3.05, 3.63) is 42.2 Å². The first-order chi connectivity index (χ1) is 6.57. The van der Waals surface area contributed by atoms with E-state index in [1.807, 2.05) is 6.20 Å². The molecule has 0 N–H and O–H groups in total. The zero-order valence-corrected chi connectivity index (χ0v) is 9.30. The van der Waals surface area contributed by atoms with E-state index in [1.54, 1.807) is 12.3 Å². The number of pyridine rings is 1. The molecule has 14 heavy (non-hydrogen) atoms. The number of hydrogen-bond acceptors (Lipinski definition) is 1. The first-order valence-corrected chi connectivity index (χ1v) is 4.90. The van der Waals surface area contributed by atoms with Gasteiger partial charge >= 0.3 is 0 Å². The molecule has 0 fully saturated rings. The maximum Gasteiger partial charge on any atom is 0.0416 e. The smallest absolute Gasteiger partial charge is 0.0416 e. The van der Waals surface area contributed by atoms with Crippen molar-refractivity contribution >= 4 is 22.7 Å². The van der Waals surface area contributed by atoms with Crippen molar-refractivity contribution in [2.24, 2.45) is 0 Å². The molecule has 74 valence electrons. The van der Waals surface area contributed by atoms with E-state index >= 15 is 0 Å². The first-order valence-electron chi connectivity index (χ1n) is 4.53. The lowest BCUT2D eigenvalue weighted by Crippen LogP contribution is -1.97. The van der Waals surface area contributed by atoms with Gasteiger partial charge < -0.3 is 0 Å². The standard InChI is InChI=1S/C12H14ClN/c1-5-10-6-14-7-11(8(2)3)12(10)9(4)13/h5-8H,1,4H2,2-3H3. The summed E-state index contributed by atoms with van der Waals surface area (Å²) in [6.45, 7) is 11.7. The van der Waals surface area contributed by atoms with Crippen molar-refractivity contribution in [2.45, 2.75) is 19.8 Å². The molecule has 0 spiro atoms. The summed E-state index contributed by atoms with van der Waals surface area (Å²) < 4.78 is 0. The lowest BCUT2D eigenvalue weighted by molar-refractivity contribution is 0.854. The van der Waals surface area contributed by atoms with Crippen molar-refractivity contribution in [1.82, 2.24) is 4.98 Å². The summed E-state index contributed by atoms with van der Waals surface area (Å²) in [6, 6.07) is 0. The minimum atomic E-state index is 0.382. The van der Waals surface area contributed by atoms with Crippen molar-refractivity contribution in [3.63, 3.8) is 0 Å². The maximum absolute atomic E-state index is 5.97. The Labute approximate surface area is 90.1 Å². The van der Waals surface area contributed by atoms with E-state index < -0.39 is 0 Å². The second kappa shape index (κ2) is 4.43. The minimum Gasteiger partial charge on any atom is -0.264 e. The van der Waals surface area contributed by atoms with E-state index in [4.69, 9.17) is 11.6 Å². The molecule has 2 heteroatoms. The zero-order valence-electron chi connectivity index (χ0n) is 8.55. The van der Waals surface area contributed by atoms with Crippen LogP contribution in [0.25, 0.3) is 11.1 Å². The highest BCUT2D eigenvalue weighted by atomic mass is 35.5. The molecule has 0 saturated heterocycles. The van der Waals surface area contributed by atoms with E-state index in [2.05, 4.69) is 32.0 Å². The van der Waals surface area contributed by atoms with Crippen LogP contribution in [0.3, 0.4) is 0 Å². The average Bonchev–Trinajstić information content (AvgIpc) is 2.16. The van der Waals surface area contributed by atoms with Gasteiger partial charge in [-0.3, -0.25) is 4.98 Å². The number of halogens is 1. The highest BCUT2D eigenvalue weighted by molar-refractivity contribution is 6.48. The van der Waals surface area contributed by atoms with Crippen molar-refractivity contribution in [1.29, 1.82) is 0 Å². The van der Waals surface area contributed by atoms with E-state index in [0.717, 1.165) is 16.7 Å². The van der Waals surface area contributed by atoms with Gasteiger partial charge in [-0.05, 0) is 11.5 Å². The third kappa shape index (κ3) is 2.05. The topological polar surface area (TPSA) is 12.9 Å². The van der Waals surface area contributed by atoms with Gasteiger partial charge in [0.25, 0.3) is 0 Å². The Morgan fingerprint density at radius 2 is 2.14 bits per heavy atom. The Morgan fingerprint density at radius 3 is 2.57 bits per heavy atom. The van der Waals surface area contributed by atoms with Crippen LogP contribution < -0.4 is 0 Å². The Kier molecular flexibility index (Phi) is 3.48. The van der Waals surface area contributed by atoms with Crippen LogP contribution in [0.2, 0.25) is 0 Å². The molecular formula is C12H14ClN. The maximum atomic E-state index is 5.97. The molecule has 0 saturated carbocycles. The van der Waals surface area contributed by atoms with E-state index in [0.29, 0.717) is 11.0 Å². The molecule has 0 radical (unpaired) electrons. The van der Waals surface area contributed by atoms with E-state index in [9.17, 15) is 0 Å². The van der Waals surface area contributed by atoms with Gasteiger partial charge in [0.05, 0.1) is 0 Å². The molecule has 1 aromatic rings. The number of nitrogens with zero attached hydrogens (tertiary/aromatic N) is 1. The summed E-state index contributed by atoms with van der Waals surface area (Å²) in [7, 11) is 0. The average molecular weight is 208 g/mol. The predicted octanol–water partition coefficient (Wildman–Crippen LogP) is 4.06. The van der Waals surface area contributed by atoms with Crippen LogP contribution in [0.1, 0.15) is 36.5 Å². The number of rotatable bonds is 3. The summed E-state index contributed by atoms with van der Waals surface area (Å²) in [6.07, 6.45) is 5.34. The zero-order chi connectivity index (χ0) is 10.7. The molecule has 1 nitrogen and oxygen atoms in total. The van der Waals surface area contributed by atoms with Crippen LogP contribution in [0.15, 0.2) is 25.6 Å². The fourth-order valence-electron chi connectivity index (χ4n) is 1.40. The predicted molar refractivity (Wildman–Crippen MR) is 63.3 cm³/mol. The van der Waals surface area contributed by atoms with Crippen LogP contribution >= 0.6 is 11.6 Å². The van der Waals surface area contributed by atoms with Crippen molar-refractivity contribution < 1.29 is 0 Å². The van der Waals surface area contributed by atoms with Gasteiger partial charge in [0.1, 0.15) is 0 Å². The third-order valence-electron chi connectivity index (χ3n) is 2.12. The van der Waals surface area contributed by atoms with Crippen LogP contribution in [-0.2, 0) is 0 Å². The molecule has 1 rings (SSSR count). The summed E-state index contributed by atoms with van der Waals surface area (Å²) in [5.74, 6) is 0.382. The molecule has 0 bridgehead atoms. The molecule has 0 aliphatic heterocycles. The first kappa shape index (κ1) is 11.0. The summed E-state index contributed by atoms with van der Waals surface area (Å²) >= 11 is 5.97. The second-order valence-electron chi connectivity index (χ2n) is 3.46. The number of hydrogen-bond donors (Lipinski definition) is 0. The summed E-state index contributed by atoms with van der Waals surface area (Å²) in [4.78, 5) is 4.15. The van der Waals surface area contributed by atoms with Crippen LogP contribution in [0.5, 0.6) is 0 Å². The Morgan fingerprint density at radius 1 is 1.50 bits per heavy atom. The normalized spacial score (nSPS) is 10.3. The molecule has 0 unspecified atom stereocenters. The Bertz CT molecular complexity index is 367. The van der Waals surface area contributed by atoms with E-state index in [-0.39, 0.29) is 0 Å². The van der Waals surface area contributed by atoms with Gasteiger partial charge in [-0.25, -0.2) is 0 Å². The second-order valence-corrected chi connectivity index (χ2v) is 3.91. The van der Waals surface area contributed by atoms with Gasteiger partial charge in [0, 0.05) is 28.6 Å². The van der Waals surface area contributed by atoms with Crippen LogP contribution in [0.4, 0.5) is 0 Å². The highest BCUT2D eigenvalue weighted by Gasteiger charge is 2.11. The van der Waals surface area contributed by atoms with Crippen molar-refractivity contribution in [2.75, 3.05) is 0 Å². The summed E-state index contributed by atoms with van der Waals surface area (Å²) in [5.41, 5.74) is 3.02. The Hall–Kier alpha value is -1.08. The molecule has 0 aromatic carbocycles. The molecule has 0 aliphatic carbocycles. The van der Waals surface area contributed by atoms with Crippen molar-refractivity contribution in [3.8, 4) is 0 Å². The van der Waals surface area contributed by atoms with Gasteiger partial charge in [0.15, 0.2) is 0 Å². The summed E-state index contributed by atoms with van der Waals surface area (Å²) in [5, 5.41) is 0.547. The van der Waals surface area contributed by atoms with Gasteiger partial charge in [-0.2, -0.15) is 0 Å². The molecule has 1 aromatic heterocycles.